The molecule has 2 amide bonds. The summed E-state index contributed by atoms with van der Waals surface area (Å²) in [4.78, 5) is 28.1. The van der Waals surface area contributed by atoms with E-state index in [4.69, 9.17) is 11.6 Å². The maximum Gasteiger partial charge on any atom is 0.243 e. The highest BCUT2D eigenvalue weighted by atomic mass is 35.5. The average Bonchev–Trinajstić information content (AvgIpc) is 2.85. The molecule has 0 aliphatic carbocycles. The predicted octanol–water partition coefficient (Wildman–Crippen LogP) is 4.46. The highest BCUT2D eigenvalue weighted by Crippen LogP contribution is 2.18. The first-order valence-corrected chi connectivity index (χ1v) is 13.8. The summed E-state index contributed by atoms with van der Waals surface area (Å²) in [6, 6.07) is 14.8. The monoisotopic (exact) mass is 521 g/mol. The standard InChI is InChI=1S/C26H36ClN3O4S/c1-5-20(3)28-26(32)24(6-2)30(19-21-14-16-22(27)17-15-21)25(31)13-10-18-29(4)35(33,34)23-11-8-7-9-12-23/h7-9,11-12,14-17,20,24H,5-6,10,13,18-19H2,1-4H3,(H,28,32). The number of sulfonamides is 1. The van der Waals surface area contributed by atoms with Crippen LogP contribution in [0, 0.1) is 0 Å². The number of nitrogens with one attached hydrogen (secondary N) is 1. The van der Waals surface area contributed by atoms with Crippen molar-refractivity contribution in [1.82, 2.24) is 14.5 Å². The van der Waals surface area contributed by atoms with Crippen LogP contribution in [0.25, 0.3) is 0 Å². The zero-order chi connectivity index (χ0) is 26.0. The van der Waals surface area contributed by atoms with Crippen molar-refractivity contribution in [3.05, 3.63) is 65.2 Å². The van der Waals surface area contributed by atoms with Crippen LogP contribution in [-0.2, 0) is 26.2 Å². The number of nitrogens with zero attached hydrogens (tertiary/aromatic N) is 2. The molecule has 9 heteroatoms. The highest BCUT2D eigenvalue weighted by molar-refractivity contribution is 7.89. The second-order valence-electron chi connectivity index (χ2n) is 8.63. The van der Waals surface area contributed by atoms with E-state index >= 15 is 0 Å². The Morgan fingerprint density at radius 3 is 2.20 bits per heavy atom. The molecule has 192 valence electrons. The van der Waals surface area contributed by atoms with Crippen molar-refractivity contribution in [2.75, 3.05) is 13.6 Å². The van der Waals surface area contributed by atoms with Gasteiger partial charge in [-0.1, -0.05) is 55.8 Å². The number of rotatable bonds is 13. The number of amides is 2. The van der Waals surface area contributed by atoms with Crippen LogP contribution in [0.5, 0.6) is 0 Å². The van der Waals surface area contributed by atoms with Gasteiger partial charge in [0.05, 0.1) is 4.90 Å². The number of benzene rings is 2. The summed E-state index contributed by atoms with van der Waals surface area (Å²) in [7, 11) is -2.12. The van der Waals surface area contributed by atoms with Gasteiger partial charge in [-0.2, -0.15) is 0 Å². The van der Waals surface area contributed by atoms with Gasteiger partial charge in [-0.15, -0.1) is 0 Å². The van der Waals surface area contributed by atoms with Gasteiger partial charge in [0.15, 0.2) is 0 Å². The largest absolute Gasteiger partial charge is 0.352 e. The Bertz CT molecular complexity index is 1060. The fourth-order valence-electron chi connectivity index (χ4n) is 3.64. The first kappa shape index (κ1) is 28.8. The van der Waals surface area contributed by atoms with Crippen molar-refractivity contribution in [3.8, 4) is 0 Å². The predicted molar refractivity (Wildman–Crippen MR) is 139 cm³/mol. The van der Waals surface area contributed by atoms with Gasteiger partial charge in [0.1, 0.15) is 6.04 Å². The molecule has 2 unspecified atom stereocenters. The van der Waals surface area contributed by atoms with Crippen molar-refractivity contribution in [2.45, 2.75) is 70.0 Å². The highest BCUT2D eigenvalue weighted by Gasteiger charge is 2.29. The number of hydrogen-bond acceptors (Lipinski definition) is 4. The molecule has 2 atom stereocenters. The van der Waals surface area contributed by atoms with Gasteiger partial charge < -0.3 is 10.2 Å². The smallest absolute Gasteiger partial charge is 0.243 e. The van der Waals surface area contributed by atoms with Crippen LogP contribution < -0.4 is 5.32 Å². The Morgan fingerprint density at radius 2 is 1.63 bits per heavy atom. The van der Waals surface area contributed by atoms with E-state index in [1.807, 2.05) is 32.9 Å². The minimum Gasteiger partial charge on any atom is -0.352 e. The summed E-state index contributed by atoms with van der Waals surface area (Å²) in [5.41, 5.74) is 0.862. The Balaban J connectivity index is 2.13. The molecule has 0 radical (unpaired) electrons. The zero-order valence-corrected chi connectivity index (χ0v) is 22.5. The van der Waals surface area contributed by atoms with Gasteiger partial charge in [0, 0.05) is 37.6 Å². The molecule has 0 heterocycles. The quantitative estimate of drug-likeness (QED) is 0.421. The molecule has 2 aromatic rings. The molecule has 0 aromatic heterocycles. The molecule has 7 nitrogen and oxygen atoms in total. The first-order valence-electron chi connectivity index (χ1n) is 12.0. The molecule has 0 aliphatic rings. The van der Waals surface area contributed by atoms with Gasteiger partial charge in [-0.25, -0.2) is 12.7 Å². The lowest BCUT2D eigenvalue weighted by atomic mass is 10.1. The SMILES string of the molecule is CCC(C)NC(=O)C(CC)N(Cc1ccc(Cl)cc1)C(=O)CCCN(C)S(=O)(=O)c1ccccc1. The van der Waals surface area contributed by atoms with Crippen LogP contribution in [0.3, 0.4) is 0 Å². The number of carbonyl (C=O) groups is 2. The van der Waals surface area contributed by atoms with Crippen LogP contribution >= 0.6 is 11.6 Å². The van der Waals surface area contributed by atoms with E-state index in [-0.39, 0.29) is 42.3 Å². The lowest BCUT2D eigenvalue weighted by Gasteiger charge is -2.31. The molecule has 35 heavy (non-hydrogen) atoms. The molecule has 0 bridgehead atoms. The van der Waals surface area contributed by atoms with Gasteiger partial charge >= 0.3 is 0 Å². The van der Waals surface area contributed by atoms with Gasteiger partial charge in [0.25, 0.3) is 0 Å². The molecule has 0 aliphatic heterocycles. The fraction of sp³-hybridized carbons (Fsp3) is 0.462. The van der Waals surface area contributed by atoms with E-state index in [1.165, 1.54) is 11.4 Å². The summed E-state index contributed by atoms with van der Waals surface area (Å²) in [6.45, 7) is 6.25. The van der Waals surface area contributed by atoms with E-state index in [0.29, 0.717) is 17.9 Å². The maximum absolute atomic E-state index is 13.3. The molecular weight excluding hydrogens is 486 g/mol. The van der Waals surface area contributed by atoms with Crippen molar-refractivity contribution < 1.29 is 18.0 Å². The third-order valence-corrected chi connectivity index (χ3v) is 8.09. The lowest BCUT2D eigenvalue weighted by molar-refractivity contribution is -0.141. The van der Waals surface area contributed by atoms with E-state index < -0.39 is 16.1 Å². The van der Waals surface area contributed by atoms with Crippen LogP contribution in [0.2, 0.25) is 5.02 Å². The first-order chi connectivity index (χ1) is 16.6. The van der Waals surface area contributed by atoms with E-state index in [9.17, 15) is 18.0 Å². The molecule has 2 rings (SSSR count). The molecule has 0 saturated carbocycles. The number of halogens is 1. The van der Waals surface area contributed by atoms with Crippen molar-refractivity contribution in [3.63, 3.8) is 0 Å². The topological polar surface area (TPSA) is 86.8 Å². The second kappa shape index (κ2) is 13.6. The Kier molecular flexibility index (Phi) is 11.2. The van der Waals surface area contributed by atoms with Crippen LogP contribution in [-0.4, -0.2) is 55.1 Å². The minimum absolute atomic E-state index is 0.000812. The number of hydrogen-bond donors (Lipinski definition) is 1. The summed E-state index contributed by atoms with van der Waals surface area (Å²) < 4.78 is 26.8. The third-order valence-electron chi connectivity index (χ3n) is 5.97. The summed E-state index contributed by atoms with van der Waals surface area (Å²) in [5, 5.41) is 3.58. The van der Waals surface area contributed by atoms with Crippen molar-refractivity contribution in [1.29, 1.82) is 0 Å². The molecular formula is C26H36ClN3O4S. The Morgan fingerprint density at radius 1 is 1.00 bits per heavy atom. The van der Waals surface area contributed by atoms with E-state index in [0.717, 1.165) is 12.0 Å². The summed E-state index contributed by atoms with van der Waals surface area (Å²) in [6.07, 6.45) is 1.71. The third kappa shape index (κ3) is 8.33. The fourth-order valence-corrected chi connectivity index (χ4v) is 4.99. The van der Waals surface area contributed by atoms with Gasteiger partial charge in [-0.05, 0) is 56.0 Å². The molecule has 0 saturated heterocycles. The summed E-state index contributed by atoms with van der Waals surface area (Å²) >= 11 is 6.01. The van der Waals surface area contributed by atoms with Crippen molar-refractivity contribution in [2.24, 2.45) is 0 Å². The van der Waals surface area contributed by atoms with Crippen LogP contribution in [0.15, 0.2) is 59.5 Å². The second-order valence-corrected chi connectivity index (χ2v) is 11.1. The van der Waals surface area contributed by atoms with E-state index in [2.05, 4.69) is 5.32 Å². The molecule has 0 fully saturated rings. The summed E-state index contributed by atoms with van der Waals surface area (Å²) in [5.74, 6) is -0.385. The Hall–Kier alpha value is -2.42. The van der Waals surface area contributed by atoms with Crippen molar-refractivity contribution >= 4 is 33.4 Å². The van der Waals surface area contributed by atoms with Gasteiger partial charge in [-0.3, -0.25) is 9.59 Å². The van der Waals surface area contributed by atoms with E-state index in [1.54, 1.807) is 47.4 Å². The average molecular weight is 522 g/mol. The lowest BCUT2D eigenvalue weighted by Crippen LogP contribution is -2.50. The maximum atomic E-state index is 13.3. The molecule has 1 N–H and O–H groups in total. The Labute approximate surface area is 214 Å². The van der Waals surface area contributed by atoms with Gasteiger partial charge in [0.2, 0.25) is 21.8 Å². The van der Waals surface area contributed by atoms with Crippen LogP contribution in [0.4, 0.5) is 0 Å². The zero-order valence-electron chi connectivity index (χ0n) is 20.9. The molecule has 0 spiro atoms. The van der Waals surface area contributed by atoms with Crippen LogP contribution in [0.1, 0.15) is 52.0 Å². The molecule has 2 aromatic carbocycles. The normalized spacial score (nSPS) is 13.3. The number of carbonyl (C=O) groups excluding carboxylic acids is 2. The minimum atomic E-state index is -3.63.